The van der Waals surface area contributed by atoms with E-state index in [0.29, 0.717) is 12.4 Å². The Bertz CT molecular complexity index is 314. The maximum absolute atomic E-state index is 10.6. The second-order valence-electron chi connectivity index (χ2n) is 2.66. The Hall–Kier alpha value is -1.77. The molecule has 0 radical (unpaired) electrons. The molecule has 0 aliphatic carbocycles. The van der Waals surface area contributed by atoms with E-state index in [1.807, 2.05) is 0 Å². The summed E-state index contributed by atoms with van der Waals surface area (Å²) in [6, 6.07) is 6.84. The Balaban J connectivity index is 2.58. The summed E-state index contributed by atoms with van der Waals surface area (Å²) in [7, 11) is 0. The average Bonchev–Trinajstić information content (AvgIpc) is 2.16. The molecule has 0 heterocycles. The Morgan fingerprint density at radius 3 is 2.43 bits per heavy atom. The smallest absolute Gasteiger partial charge is 0.308 e. The van der Waals surface area contributed by atoms with E-state index in [2.05, 4.69) is 6.58 Å². The summed E-state index contributed by atoms with van der Waals surface area (Å²) in [4.78, 5) is 10.6. The van der Waals surface area contributed by atoms with Gasteiger partial charge in [-0.1, -0.05) is 12.7 Å². The fourth-order valence-electron chi connectivity index (χ4n) is 0.925. The van der Waals surface area contributed by atoms with Crippen LogP contribution in [0.4, 0.5) is 0 Å². The van der Waals surface area contributed by atoms with Crippen molar-refractivity contribution in [1.82, 2.24) is 0 Å². The fourth-order valence-corrected chi connectivity index (χ4v) is 0.925. The minimum Gasteiger partial charge on any atom is -0.490 e. The number of esters is 1. The lowest BCUT2D eigenvalue weighted by molar-refractivity contribution is -0.131. The van der Waals surface area contributed by atoms with Crippen molar-refractivity contribution in [3.8, 4) is 11.5 Å². The van der Waals surface area contributed by atoms with Crippen LogP contribution in [0, 0.1) is 0 Å². The largest absolute Gasteiger partial charge is 0.490 e. The predicted molar refractivity (Wildman–Crippen MR) is 53.4 cm³/mol. The van der Waals surface area contributed by atoms with Crippen molar-refractivity contribution in [1.29, 1.82) is 0 Å². The molecule has 0 spiro atoms. The highest BCUT2D eigenvalue weighted by Gasteiger charge is 1.97. The van der Waals surface area contributed by atoms with Gasteiger partial charge in [0.05, 0.1) is 0 Å². The molecule has 74 valence electrons. The van der Waals surface area contributed by atoms with Gasteiger partial charge in [0.25, 0.3) is 0 Å². The maximum atomic E-state index is 10.6. The first-order valence-electron chi connectivity index (χ1n) is 4.24. The van der Waals surface area contributed by atoms with Crippen LogP contribution in [0.3, 0.4) is 0 Å². The van der Waals surface area contributed by atoms with Gasteiger partial charge in [0.15, 0.2) is 0 Å². The molecule has 0 bridgehead atoms. The van der Waals surface area contributed by atoms with Crippen LogP contribution in [0.5, 0.6) is 11.5 Å². The van der Waals surface area contributed by atoms with E-state index in [0.717, 1.165) is 5.75 Å². The van der Waals surface area contributed by atoms with Gasteiger partial charge in [-0.2, -0.15) is 0 Å². The van der Waals surface area contributed by atoms with E-state index >= 15 is 0 Å². The highest BCUT2D eigenvalue weighted by Crippen LogP contribution is 2.17. The first-order valence-corrected chi connectivity index (χ1v) is 4.24. The highest BCUT2D eigenvalue weighted by molar-refractivity contribution is 5.69. The van der Waals surface area contributed by atoms with Crippen LogP contribution in [0.2, 0.25) is 0 Å². The van der Waals surface area contributed by atoms with Gasteiger partial charge in [-0.05, 0) is 24.3 Å². The molecule has 0 unspecified atom stereocenters. The van der Waals surface area contributed by atoms with Crippen LogP contribution in [-0.2, 0) is 4.79 Å². The quantitative estimate of drug-likeness (QED) is 0.416. The summed E-state index contributed by atoms with van der Waals surface area (Å²) < 4.78 is 10.1. The third-order valence-corrected chi connectivity index (χ3v) is 1.45. The first-order chi connectivity index (χ1) is 6.72. The number of carbonyl (C=O) groups excluding carboxylic acids is 1. The normalized spacial score (nSPS) is 9.21. The Kier molecular flexibility index (Phi) is 3.73. The third kappa shape index (κ3) is 3.31. The third-order valence-electron chi connectivity index (χ3n) is 1.45. The van der Waals surface area contributed by atoms with E-state index in [1.54, 1.807) is 30.3 Å². The van der Waals surface area contributed by atoms with Gasteiger partial charge in [-0.25, -0.2) is 0 Å². The molecule has 1 rings (SSSR count). The summed E-state index contributed by atoms with van der Waals surface area (Å²) in [5.41, 5.74) is 0. The topological polar surface area (TPSA) is 35.5 Å². The van der Waals surface area contributed by atoms with Crippen molar-refractivity contribution in [3.63, 3.8) is 0 Å². The molecule has 3 heteroatoms. The lowest BCUT2D eigenvalue weighted by Crippen LogP contribution is -2.01. The van der Waals surface area contributed by atoms with Crippen molar-refractivity contribution in [3.05, 3.63) is 36.9 Å². The van der Waals surface area contributed by atoms with Gasteiger partial charge in [0.2, 0.25) is 0 Å². The Morgan fingerprint density at radius 1 is 1.36 bits per heavy atom. The standard InChI is InChI=1S/C11H12O3/c1-3-8-13-10-4-6-11(7-5-10)14-9(2)12/h3-7H,1,8H2,2H3. The van der Waals surface area contributed by atoms with Crippen molar-refractivity contribution >= 4 is 5.97 Å². The number of carbonyl (C=O) groups is 1. The summed E-state index contributed by atoms with van der Waals surface area (Å²) in [5.74, 6) is 0.911. The van der Waals surface area contributed by atoms with Gasteiger partial charge in [0.1, 0.15) is 18.1 Å². The summed E-state index contributed by atoms with van der Waals surface area (Å²) in [6.45, 7) is 5.37. The van der Waals surface area contributed by atoms with Gasteiger partial charge < -0.3 is 9.47 Å². The SMILES string of the molecule is C=CCOc1ccc(OC(C)=O)cc1. The van der Waals surface area contributed by atoms with E-state index < -0.39 is 0 Å². The van der Waals surface area contributed by atoms with Crippen molar-refractivity contribution in [2.75, 3.05) is 6.61 Å². The first kappa shape index (κ1) is 10.3. The minimum absolute atomic E-state index is 0.329. The molecular formula is C11H12O3. The molecule has 3 nitrogen and oxygen atoms in total. The molecule has 0 aliphatic rings. The number of rotatable bonds is 4. The van der Waals surface area contributed by atoms with Gasteiger partial charge in [-0.3, -0.25) is 4.79 Å². The van der Waals surface area contributed by atoms with Crippen LogP contribution in [0.1, 0.15) is 6.92 Å². The highest BCUT2D eigenvalue weighted by atomic mass is 16.5. The van der Waals surface area contributed by atoms with Crippen molar-refractivity contribution in [2.24, 2.45) is 0 Å². The van der Waals surface area contributed by atoms with Crippen LogP contribution in [-0.4, -0.2) is 12.6 Å². The van der Waals surface area contributed by atoms with Crippen LogP contribution in [0.25, 0.3) is 0 Å². The number of hydrogen-bond acceptors (Lipinski definition) is 3. The molecule has 0 aliphatic heterocycles. The molecule has 1 aromatic carbocycles. The zero-order valence-electron chi connectivity index (χ0n) is 8.03. The van der Waals surface area contributed by atoms with Crippen LogP contribution in [0.15, 0.2) is 36.9 Å². The molecule has 0 saturated heterocycles. The zero-order chi connectivity index (χ0) is 10.4. The molecule has 0 atom stereocenters. The Labute approximate surface area is 83.0 Å². The Morgan fingerprint density at radius 2 is 1.93 bits per heavy atom. The zero-order valence-corrected chi connectivity index (χ0v) is 8.03. The molecule has 0 N–H and O–H groups in total. The molecule has 0 saturated carbocycles. The van der Waals surface area contributed by atoms with E-state index in [-0.39, 0.29) is 5.97 Å². The predicted octanol–water partition coefficient (Wildman–Crippen LogP) is 2.18. The summed E-state index contributed by atoms with van der Waals surface area (Å²) in [5, 5.41) is 0. The van der Waals surface area contributed by atoms with Crippen LogP contribution < -0.4 is 9.47 Å². The van der Waals surface area contributed by atoms with Crippen molar-refractivity contribution < 1.29 is 14.3 Å². The van der Waals surface area contributed by atoms with E-state index in [1.165, 1.54) is 6.92 Å². The summed E-state index contributed by atoms with van der Waals surface area (Å²) in [6.07, 6.45) is 1.67. The lowest BCUT2D eigenvalue weighted by atomic mass is 10.3. The number of hydrogen-bond donors (Lipinski definition) is 0. The monoisotopic (exact) mass is 192 g/mol. The molecule has 0 aromatic heterocycles. The second-order valence-corrected chi connectivity index (χ2v) is 2.66. The molecule has 0 fully saturated rings. The van der Waals surface area contributed by atoms with E-state index in [9.17, 15) is 4.79 Å². The van der Waals surface area contributed by atoms with Crippen molar-refractivity contribution in [2.45, 2.75) is 6.92 Å². The minimum atomic E-state index is -0.329. The summed E-state index contributed by atoms with van der Waals surface area (Å²) >= 11 is 0. The molecule has 14 heavy (non-hydrogen) atoms. The van der Waals surface area contributed by atoms with Gasteiger partial charge in [-0.15, -0.1) is 0 Å². The van der Waals surface area contributed by atoms with Crippen LogP contribution >= 0.6 is 0 Å². The molecular weight excluding hydrogens is 180 g/mol. The maximum Gasteiger partial charge on any atom is 0.308 e. The molecule has 1 aromatic rings. The number of benzene rings is 1. The fraction of sp³-hybridized carbons (Fsp3) is 0.182. The van der Waals surface area contributed by atoms with Gasteiger partial charge in [0, 0.05) is 6.92 Å². The van der Waals surface area contributed by atoms with Gasteiger partial charge >= 0.3 is 5.97 Å². The van der Waals surface area contributed by atoms with E-state index in [4.69, 9.17) is 9.47 Å². The average molecular weight is 192 g/mol. The molecule has 0 amide bonds. The number of ether oxygens (including phenoxy) is 2. The second kappa shape index (κ2) is 5.07. The lowest BCUT2D eigenvalue weighted by Gasteiger charge is -2.04.